The molecule has 1 aliphatic rings. The third-order valence-corrected chi connectivity index (χ3v) is 8.32. The fourth-order valence-electron chi connectivity index (χ4n) is 3.22. The van der Waals surface area contributed by atoms with E-state index in [0.717, 1.165) is 31.4 Å². The van der Waals surface area contributed by atoms with Gasteiger partial charge in [0.05, 0.1) is 10.6 Å². The fourth-order valence-corrected chi connectivity index (χ4v) is 5.79. The summed E-state index contributed by atoms with van der Waals surface area (Å²) in [5, 5.41) is 0.648. The molecule has 6 nitrogen and oxygen atoms in total. The summed E-state index contributed by atoms with van der Waals surface area (Å²) in [5.74, 6) is -0.278. The first-order valence-electron chi connectivity index (χ1n) is 9.75. The zero-order valence-corrected chi connectivity index (χ0v) is 18.7. The smallest absolute Gasteiger partial charge is 0.260 e. The van der Waals surface area contributed by atoms with Gasteiger partial charge in [0, 0.05) is 30.1 Å². The van der Waals surface area contributed by atoms with Gasteiger partial charge in [0.2, 0.25) is 10.0 Å². The summed E-state index contributed by atoms with van der Waals surface area (Å²) in [6, 6.07) is 6.02. The van der Waals surface area contributed by atoms with Crippen LogP contribution in [0.15, 0.2) is 41.8 Å². The number of anilines is 1. The van der Waals surface area contributed by atoms with Crippen LogP contribution in [-0.2, 0) is 22.9 Å². The topological polar surface area (TPSA) is 70.6 Å². The van der Waals surface area contributed by atoms with Crippen LogP contribution >= 0.6 is 11.3 Å². The number of nitrogens with zero attached hydrogens (tertiary/aromatic N) is 3. The third kappa shape index (κ3) is 4.44. The number of amides is 1. The molecule has 1 aromatic heterocycles. The predicted octanol–water partition coefficient (Wildman–Crippen LogP) is 3.88. The summed E-state index contributed by atoms with van der Waals surface area (Å²) in [4.78, 5) is 20.9. The first-order valence-corrected chi connectivity index (χ1v) is 12.0. The molecule has 3 rings (SSSR count). The van der Waals surface area contributed by atoms with E-state index in [1.54, 1.807) is 41.5 Å². The number of thiazole rings is 1. The minimum atomic E-state index is -3.67. The Morgan fingerprint density at radius 3 is 2.69 bits per heavy atom. The number of benzene rings is 1. The fraction of sp³-hybridized carbons (Fsp3) is 0.429. The van der Waals surface area contributed by atoms with E-state index >= 15 is 0 Å². The van der Waals surface area contributed by atoms with Crippen LogP contribution in [0.2, 0.25) is 0 Å². The molecule has 0 saturated carbocycles. The highest BCUT2D eigenvalue weighted by Crippen LogP contribution is 2.32. The highest BCUT2D eigenvalue weighted by molar-refractivity contribution is 7.89. The second kappa shape index (κ2) is 8.77. The summed E-state index contributed by atoms with van der Waals surface area (Å²) in [6.07, 6.45) is 5.86. The van der Waals surface area contributed by atoms with Crippen molar-refractivity contribution in [1.29, 1.82) is 0 Å². The van der Waals surface area contributed by atoms with E-state index in [9.17, 15) is 13.2 Å². The Kier molecular flexibility index (Phi) is 6.55. The van der Waals surface area contributed by atoms with Gasteiger partial charge < -0.3 is 0 Å². The molecule has 0 spiro atoms. The Balaban J connectivity index is 1.95. The molecule has 29 heavy (non-hydrogen) atoms. The van der Waals surface area contributed by atoms with Gasteiger partial charge in [-0.15, -0.1) is 17.9 Å². The second-order valence-electron chi connectivity index (χ2n) is 7.42. The van der Waals surface area contributed by atoms with E-state index < -0.39 is 10.0 Å². The number of carbonyl (C=O) groups excluding carboxylic acids is 1. The Morgan fingerprint density at radius 2 is 2.03 bits per heavy atom. The van der Waals surface area contributed by atoms with Crippen molar-refractivity contribution in [3.63, 3.8) is 0 Å². The molecule has 2 aromatic rings. The average Bonchev–Trinajstić information content (AvgIpc) is 3.14. The first-order chi connectivity index (χ1) is 13.8. The van der Waals surface area contributed by atoms with Crippen LogP contribution in [0.4, 0.5) is 5.13 Å². The lowest BCUT2D eigenvalue weighted by Gasteiger charge is -2.22. The quantitative estimate of drug-likeness (QED) is 0.621. The summed E-state index contributed by atoms with van der Waals surface area (Å²) >= 11 is 1.54. The summed E-state index contributed by atoms with van der Waals surface area (Å²) < 4.78 is 26.9. The number of aromatic nitrogens is 1. The third-order valence-electron chi connectivity index (χ3n) is 5.11. The maximum atomic E-state index is 13.3. The molecule has 1 aliphatic carbocycles. The summed E-state index contributed by atoms with van der Waals surface area (Å²) in [6.45, 7) is 7.69. The summed E-state index contributed by atoms with van der Waals surface area (Å²) in [5.41, 5.74) is 1.39. The van der Waals surface area contributed by atoms with E-state index in [4.69, 9.17) is 0 Å². The first kappa shape index (κ1) is 21.7. The van der Waals surface area contributed by atoms with E-state index in [1.165, 1.54) is 21.3 Å². The lowest BCUT2D eigenvalue weighted by Crippen LogP contribution is -2.34. The van der Waals surface area contributed by atoms with Gasteiger partial charge in [-0.2, -0.15) is 4.31 Å². The molecule has 0 radical (unpaired) electrons. The standard InChI is InChI=1S/C21H27N3O3S2/c1-5-13-24(21-22-18-11-6-7-12-19(18)28-21)20(25)16-9-8-10-17(14-16)29(26,27)23(4)15(2)3/h5,8-10,14-15H,1,6-7,11-13H2,2-4H3. The van der Waals surface area contributed by atoms with Crippen molar-refractivity contribution in [3.8, 4) is 0 Å². The van der Waals surface area contributed by atoms with Crippen molar-refractivity contribution in [3.05, 3.63) is 53.1 Å². The van der Waals surface area contributed by atoms with E-state index in [2.05, 4.69) is 11.6 Å². The van der Waals surface area contributed by atoms with Crippen LogP contribution in [-0.4, -0.2) is 43.2 Å². The van der Waals surface area contributed by atoms with Crippen LogP contribution in [0.1, 0.15) is 47.6 Å². The summed E-state index contributed by atoms with van der Waals surface area (Å²) in [7, 11) is -2.13. The largest absolute Gasteiger partial charge is 0.280 e. The minimum Gasteiger partial charge on any atom is -0.280 e. The molecule has 0 saturated heterocycles. The van der Waals surface area contributed by atoms with E-state index in [1.807, 2.05) is 13.8 Å². The Hall–Kier alpha value is -2.03. The van der Waals surface area contributed by atoms with Crippen LogP contribution in [0.25, 0.3) is 0 Å². The average molecular weight is 434 g/mol. The van der Waals surface area contributed by atoms with Crippen LogP contribution in [0, 0.1) is 0 Å². The van der Waals surface area contributed by atoms with Gasteiger partial charge in [0.25, 0.3) is 5.91 Å². The molecule has 8 heteroatoms. The zero-order valence-electron chi connectivity index (χ0n) is 17.1. The van der Waals surface area contributed by atoms with Gasteiger partial charge in [-0.25, -0.2) is 13.4 Å². The van der Waals surface area contributed by atoms with Crippen molar-refractivity contribution in [2.75, 3.05) is 18.5 Å². The molecule has 1 aromatic carbocycles. The molecule has 0 atom stereocenters. The maximum Gasteiger partial charge on any atom is 0.260 e. The zero-order chi connectivity index (χ0) is 21.2. The lowest BCUT2D eigenvalue weighted by atomic mass is 10.0. The predicted molar refractivity (Wildman–Crippen MR) is 117 cm³/mol. The van der Waals surface area contributed by atoms with Crippen LogP contribution < -0.4 is 4.90 Å². The lowest BCUT2D eigenvalue weighted by molar-refractivity contribution is 0.0989. The highest BCUT2D eigenvalue weighted by Gasteiger charge is 2.27. The number of sulfonamides is 1. The minimum absolute atomic E-state index is 0.108. The van der Waals surface area contributed by atoms with Gasteiger partial charge in [-0.05, 0) is 57.7 Å². The van der Waals surface area contributed by atoms with Crippen molar-refractivity contribution < 1.29 is 13.2 Å². The van der Waals surface area contributed by atoms with Gasteiger partial charge in [0.1, 0.15) is 0 Å². The van der Waals surface area contributed by atoms with Gasteiger partial charge >= 0.3 is 0 Å². The van der Waals surface area contributed by atoms with Gasteiger partial charge in [0.15, 0.2) is 5.13 Å². The van der Waals surface area contributed by atoms with Crippen molar-refractivity contribution in [2.24, 2.45) is 0 Å². The molecule has 156 valence electrons. The van der Waals surface area contributed by atoms with Gasteiger partial charge in [-0.1, -0.05) is 12.1 Å². The van der Waals surface area contributed by atoms with Crippen molar-refractivity contribution >= 4 is 32.4 Å². The number of carbonyl (C=O) groups is 1. The molecule has 1 amide bonds. The van der Waals surface area contributed by atoms with E-state index in [0.29, 0.717) is 17.2 Å². The monoisotopic (exact) mass is 433 g/mol. The number of hydrogen-bond donors (Lipinski definition) is 0. The van der Waals surface area contributed by atoms with Gasteiger partial charge in [-0.3, -0.25) is 9.69 Å². The van der Waals surface area contributed by atoms with Crippen molar-refractivity contribution in [1.82, 2.24) is 9.29 Å². The number of rotatable bonds is 7. The van der Waals surface area contributed by atoms with E-state index in [-0.39, 0.29) is 16.8 Å². The molecule has 0 bridgehead atoms. The normalized spacial score (nSPS) is 14.1. The number of hydrogen-bond acceptors (Lipinski definition) is 5. The van der Waals surface area contributed by atoms with Crippen molar-refractivity contribution in [2.45, 2.75) is 50.5 Å². The second-order valence-corrected chi connectivity index (χ2v) is 10.5. The van der Waals surface area contributed by atoms with Crippen LogP contribution in [0.3, 0.4) is 0 Å². The SMILES string of the molecule is C=CCN(C(=O)c1cccc(S(=O)(=O)N(C)C(C)C)c1)c1nc2c(s1)CCCC2. The molecular weight excluding hydrogens is 406 g/mol. The number of aryl methyl sites for hydroxylation is 2. The molecule has 0 fully saturated rings. The highest BCUT2D eigenvalue weighted by atomic mass is 32.2. The molecule has 0 N–H and O–H groups in total. The molecule has 1 heterocycles. The van der Waals surface area contributed by atoms with Crippen LogP contribution in [0.5, 0.6) is 0 Å². The molecule has 0 aliphatic heterocycles. The maximum absolute atomic E-state index is 13.3. The Morgan fingerprint density at radius 1 is 1.31 bits per heavy atom. The molecule has 0 unspecified atom stereocenters. The number of fused-ring (bicyclic) bond motifs is 1. The Labute approximate surface area is 176 Å². The molecular formula is C21H27N3O3S2. The Bertz CT molecular complexity index is 988.